The first-order chi connectivity index (χ1) is 12.1. The molecule has 4 rings (SSSR count). The first kappa shape index (κ1) is 15.5. The summed E-state index contributed by atoms with van der Waals surface area (Å²) in [5.41, 5.74) is 1.48. The highest BCUT2D eigenvalue weighted by Crippen LogP contribution is 2.24. The molecule has 25 heavy (non-hydrogen) atoms. The molecule has 1 N–H and O–H groups in total. The summed E-state index contributed by atoms with van der Waals surface area (Å²) in [6.45, 7) is 4.01. The maximum absolute atomic E-state index is 12.3. The minimum absolute atomic E-state index is 0.0239. The zero-order valence-electron chi connectivity index (χ0n) is 13.5. The number of anilines is 1. The number of hydrogen-bond donors (Lipinski definition) is 1. The number of carbonyl (C=O) groups excluding carboxylic acids is 1. The molecule has 1 aromatic carbocycles. The van der Waals surface area contributed by atoms with Crippen LogP contribution in [-0.4, -0.2) is 30.9 Å². The quantitative estimate of drug-likeness (QED) is 0.603. The maximum Gasteiger partial charge on any atom is 0.322 e. The Morgan fingerprint density at radius 2 is 2.08 bits per heavy atom. The largest absolute Gasteiger partial charge is 0.401 e. The van der Waals surface area contributed by atoms with Crippen molar-refractivity contribution in [3.8, 4) is 11.6 Å². The first-order valence-corrected chi connectivity index (χ1v) is 8.48. The van der Waals surface area contributed by atoms with Gasteiger partial charge in [-0.2, -0.15) is 5.10 Å². The molecule has 0 saturated carbocycles. The van der Waals surface area contributed by atoms with E-state index in [1.165, 1.54) is 11.3 Å². The van der Waals surface area contributed by atoms with Gasteiger partial charge in [-0.3, -0.25) is 14.8 Å². The molecule has 0 atom stereocenters. The van der Waals surface area contributed by atoms with Crippen LogP contribution in [0.25, 0.3) is 21.8 Å². The van der Waals surface area contributed by atoms with E-state index in [0.29, 0.717) is 16.6 Å². The molecule has 0 fully saturated rings. The molecule has 0 spiro atoms. The van der Waals surface area contributed by atoms with Crippen LogP contribution in [0.1, 0.15) is 29.7 Å². The molecule has 3 aromatic heterocycles. The number of hydrogen-bond acceptors (Lipinski definition) is 7. The second-order valence-corrected chi connectivity index (χ2v) is 6.64. The lowest BCUT2D eigenvalue weighted by molar-refractivity contribution is 0.102. The molecule has 9 heteroatoms. The molecule has 4 aromatic rings. The van der Waals surface area contributed by atoms with Crippen molar-refractivity contribution in [3.63, 3.8) is 0 Å². The lowest BCUT2D eigenvalue weighted by Crippen LogP contribution is -2.11. The Bertz CT molecular complexity index is 1010. The normalized spacial score (nSPS) is 11.3. The van der Waals surface area contributed by atoms with Gasteiger partial charge in [-0.1, -0.05) is 17.2 Å². The molecule has 0 unspecified atom stereocenters. The Kier molecular flexibility index (Phi) is 3.77. The monoisotopic (exact) mass is 354 g/mol. The summed E-state index contributed by atoms with van der Waals surface area (Å²) in [6.07, 6.45) is 1.67. The van der Waals surface area contributed by atoms with Gasteiger partial charge in [-0.15, -0.1) is 16.4 Å². The summed E-state index contributed by atoms with van der Waals surface area (Å²) in [6, 6.07) is 9.53. The van der Waals surface area contributed by atoms with Crippen LogP contribution in [0.5, 0.6) is 0 Å². The number of nitrogens with zero attached hydrogens (tertiary/aromatic N) is 5. The summed E-state index contributed by atoms with van der Waals surface area (Å²) in [7, 11) is 0. The summed E-state index contributed by atoms with van der Waals surface area (Å²) in [4.78, 5) is 16.7. The van der Waals surface area contributed by atoms with Crippen molar-refractivity contribution in [1.82, 2.24) is 25.0 Å². The van der Waals surface area contributed by atoms with E-state index in [0.717, 1.165) is 10.2 Å². The molecule has 0 aliphatic heterocycles. The van der Waals surface area contributed by atoms with Crippen LogP contribution in [0.4, 0.5) is 6.01 Å². The number of benzene rings is 1. The van der Waals surface area contributed by atoms with Crippen LogP contribution in [0.3, 0.4) is 0 Å². The molecule has 0 bridgehead atoms. The fourth-order valence-electron chi connectivity index (χ4n) is 2.39. The third kappa shape index (κ3) is 2.89. The van der Waals surface area contributed by atoms with Crippen molar-refractivity contribution < 1.29 is 9.21 Å². The van der Waals surface area contributed by atoms with Crippen LogP contribution in [0, 0.1) is 0 Å². The number of amides is 1. The summed E-state index contributed by atoms with van der Waals surface area (Å²) < 4.78 is 8.26. The average Bonchev–Trinajstić information content (AvgIpc) is 3.32. The molecule has 0 aliphatic carbocycles. The molecule has 126 valence electrons. The van der Waals surface area contributed by atoms with E-state index < -0.39 is 0 Å². The highest BCUT2D eigenvalue weighted by Gasteiger charge is 2.18. The van der Waals surface area contributed by atoms with Gasteiger partial charge in [0, 0.05) is 12.2 Å². The van der Waals surface area contributed by atoms with Gasteiger partial charge in [0.1, 0.15) is 5.69 Å². The Morgan fingerprint density at radius 3 is 2.88 bits per heavy atom. The number of thiazole rings is 1. The predicted molar refractivity (Wildman–Crippen MR) is 93.5 cm³/mol. The molecule has 3 heterocycles. The van der Waals surface area contributed by atoms with Gasteiger partial charge in [-0.05, 0) is 32.0 Å². The van der Waals surface area contributed by atoms with E-state index in [-0.39, 0.29) is 18.0 Å². The Labute approximate surface area is 146 Å². The molecular formula is C16H14N6O2S. The van der Waals surface area contributed by atoms with Gasteiger partial charge in [0.25, 0.3) is 11.8 Å². The van der Waals surface area contributed by atoms with E-state index in [9.17, 15) is 4.79 Å². The fraction of sp³-hybridized carbons (Fsp3) is 0.188. The number of aromatic nitrogens is 5. The van der Waals surface area contributed by atoms with E-state index in [2.05, 4.69) is 25.6 Å². The molecule has 0 radical (unpaired) electrons. The number of rotatable bonds is 4. The molecular weight excluding hydrogens is 340 g/mol. The predicted octanol–water partition coefficient (Wildman–Crippen LogP) is 3.38. The Balaban J connectivity index is 1.56. The molecule has 0 saturated heterocycles. The number of nitrogens with one attached hydrogen (secondary N) is 1. The second kappa shape index (κ2) is 6.10. The van der Waals surface area contributed by atoms with E-state index in [4.69, 9.17) is 4.42 Å². The van der Waals surface area contributed by atoms with Crippen molar-refractivity contribution in [3.05, 3.63) is 41.5 Å². The lowest BCUT2D eigenvalue weighted by Gasteiger charge is -2.07. The molecule has 1 amide bonds. The fourth-order valence-corrected chi connectivity index (χ4v) is 3.25. The Hall–Kier alpha value is -3.07. The molecule has 8 nitrogen and oxygen atoms in total. The number of para-hydroxylation sites is 1. The van der Waals surface area contributed by atoms with Gasteiger partial charge in [0.2, 0.25) is 0 Å². The van der Waals surface area contributed by atoms with Gasteiger partial charge in [0.15, 0.2) is 5.01 Å². The van der Waals surface area contributed by atoms with Crippen LogP contribution >= 0.6 is 11.3 Å². The van der Waals surface area contributed by atoms with Crippen molar-refractivity contribution in [2.75, 3.05) is 5.32 Å². The summed E-state index contributed by atoms with van der Waals surface area (Å²) in [5.74, 6) is -0.0837. The minimum atomic E-state index is -0.381. The number of fused-ring (bicyclic) bond motifs is 1. The van der Waals surface area contributed by atoms with Crippen LogP contribution < -0.4 is 5.32 Å². The lowest BCUT2D eigenvalue weighted by atomic mass is 10.3. The SMILES string of the molecule is CC(C)n1nccc1-c1nnc(NC(=O)c2nc3ccccc3s2)o1. The summed E-state index contributed by atoms with van der Waals surface area (Å²) >= 11 is 1.31. The third-order valence-electron chi connectivity index (χ3n) is 3.51. The van der Waals surface area contributed by atoms with Gasteiger partial charge in [0.05, 0.1) is 10.2 Å². The van der Waals surface area contributed by atoms with E-state index in [1.54, 1.807) is 16.9 Å². The Morgan fingerprint density at radius 1 is 1.24 bits per heavy atom. The van der Waals surface area contributed by atoms with Gasteiger partial charge < -0.3 is 4.42 Å². The third-order valence-corrected chi connectivity index (χ3v) is 4.55. The van der Waals surface area contributed by atoms with E-state index >= 15 is 0 Å². The molecule has 0 aliphatic rings. The minimum Gasteiger partial charge on any atom is -0.401 e. The van der Waals surface area contributed by atoms with Gasteiger partial charge in [-0.25, -0.2) is 4.98 Å². The van der Waals surface area contributed by atoms with Crippen molar-refractivity contribution in [1.29, 1.82) is 0 Å². The standard InChI is InChI=1S/C16H14N6O2S/c1-9(2)22-11(7-8-17-22)14-20-21-16(24-14)19-13(23)15-18-10-5-3-4-6-12(10)25-15/h3-9H,1-2H3,(H,19,21,23). The van der Waals surface area contributed by atoms with Crippen LogP contribution in [0.15, 0.2) is 40.9 Å². The van der Waals surface area contributed by atoms with Crippen molar-refractivity contribution in [2.45, 2.75) is 19.9 Å². The maximum atomic E-state index is 12.3. The van der Waals surface area contributed by atoms with Crippen molar-refractivity contribution in [2.24, 2.45) is 0 Å². The van der Waals surface area contributed by atoms with Crippen molar-refractivity contribution >= 4 is 33.5 Å². The van der Waals surface area contributed by atoms with E-state index in [1.807, 2.05) is 38.1 Å². The smallest absolute Gasteiger partial charge is 0.322 e. The highest BCUT2D eigenvalue weighted by atomic mass is 32.1. The number of carbonyl (C=O) groups is 1. The topological polar surface area (TPSA) is 98.7 Å². The average molecular weight is 354 g/mol. The zero-order chi connectivity index (χ0) is 17.4. The van der Waals surface area contributed by atoms with Crippen LogP contribution in [-0.2, 0) is 0 Å². The second-order valence-electron chi connectivity index (χ2n) is 5.61. The summed E-state index contributed by atoms with van der Waals surface area (Å²) in [5, 5.41) is 15.0. The zero-order valence-corrected chi connectivity index (χ0v) is 14.3. The van der Waals surface area contributed by atoms with Crippen LogP contribution in [0.2, 0.25) is 0 Å². The first-order valence-electron chi connectivity index (χ1n) is 7.66. The van der Waals surface area contributed by atoms with Gasteiger partial charge >= 0.3 is 6.01 Å². The highest BCUT2D eigenvalue weighted by molar-refractivity contribution is 7.20.